The van der Waals surface area contributed by atoms with Gasteiger partial charge >= 0.3 is 0 Å². The Morgan fingerprint density at radius 2 is 1.63 bits per heavy atom. The lowest BCUT2D eigenvalue weighted by molar-refractivity contribution is -0.222. The van der Waals surface area contributed by atoms with Crippen molar-refractivity contribution in [2.45, 2.75) is 116 Å². The highest BCUT2D eigenvalue weighted by atomic mass is 16.3. The summed E-state index contributed by atoms with van der Waals surface area (Å²) in [7, 11) is 0. The molecule has 4 rings (SSSR count). The smallest absolute Gasteiger partial charge is 0.0863 e. The molecule has 6 N–H and O–H groups in total. The van der Waals surface area contributed by atoms with Crippen LogP contribution in [0.25, 0.3) is 0 Å². The molecule has 0 radical (unpaired) electrons. The Kier molecular flexibility index (Phi) is 7.60. The van der Waals surface area contributed by atoms with Gasteiger partial charge in [0.05, 0.1) is 30.0 Å². The highest BCUT2D eigenvalue weighted by molar-refractivity contribution is 5.33. The molecule has 4 aliphatic carbocycles. The minimum Gasteiger partial charge on any atom is -0.396 e. The minimum atomic E-state index is -1.27. The summed E-state index contributed by atoms with van der Waals surface area (Å²) in [4.78, 5) is 0. The Labute approximate surface area is 211 Å². The first kappa shape index (κ1) is 27.5. The van der Waals surface area contributed by atoms with Crippen LogP contribution < -0.4 is 0 Å². The van der Waals surface area contributed by atoms with E-state index in [0.29, 0.717) is 24.7 Å². The average Bonchev–Trinajstić information content (AvgIpc) is 2.97. The number of aliphatic hydroxyl groups is 6. The normalized spacial score (nSPS) is 49.1. The fraction of sp³-hybridized carbons (Fsp3) is 0.931. The predicted molar refractivity (Wildman–Crippen MR) is 135 cm³/mol. The van der Waals surface area contributed by atoms with Crippen molar-refractivity contribution >= 4 is 0 Å². The van der Waals surface area contributed by atoms with Gasteiger partial charge < -0.3 is 30.6 Å². The van der Waals surface area contributed by atoms with Crippen molar-refractivity contribution in [3.63, 3.8) is 0 Å². The number of hydrogen-bond donors (Lipinski definition) is 6. The molecule has 35 heavy (non-hydrogen) atoms. The van der Waals surface area contributed by atoms with Crippen LogP contribution in [0.4, 0.5) is 0 Å². The molecule has 202 valence electrons. The van der Waals surface area contributed by atoms with E-state index in [2.05, 4.69) is 34.6 Å². The summed E-state index contributed by atoms with van der Waals surface area (Å²) in [5.74, 6) is 0.308. The second kappa shape index (κ2) is 9.67. The number of hydrogen-bond acceptors (Lipinski definition) is 6. The Balaban J connectivity index is 1.63. The maximum atomic E-state index is 12.4. The molecule has 12 atom stereocenters. The van der Waals surface area contributed by atoms with Crippen molar-refractivity contribution in [2.24, 2.45) is 46.3 Å². The third-order valence-corrected chi connectivity index (χ3v) is 11.3. The molecular formula is C29H50O6. The van der Waals surface area contributed by atoms with Gasteiger partial charge in [0.1, 0.15) is 0 Å². The molecule has 0 aromatic rings. The second-order valence-corrected chi connectivity index (χ2v) is 13.5. The molecular weight excluding hydrogens is 444 g/mol. The average molecular weight is 495 g/mol. The van der Waals surface area contributed by atoms with Gasteiger partial charge in [0.15, 0.2) is 0 Å². The summed E-state index contributed by atoms with van der Waals surface area (Å²) in [6.45, 7) is 11.0. The third-order valence-electron chi connectivity index (χ3n) is 11.3. The molecule has 0 bridgehead atoms. The van der Waals surface area contributed by atoms with E-state index in [1.54, 1.807) is 6.08 Å². The van der Waals surface area contributed by atoms with Crippen molar-refractivity contribution in [3.05, 3.63) is 11.6 Å². The van der Waals surface area contributed by atoms with E-state index in [9.17, 15) is 30.6 Å². The van der Waals surface area contributed by atoms with Crippen molar-refractivity contribution in [1.82, 2.24) is 0 Å². The van der Waals surface area contributed by atoms with Crippen LogP contribution in [0.2, 0.25) is 0 Å². The van der Waals surface area contributed by atoms with Crippen LogP contribution in [0.1, 0.15) is 86.0 Å². The fourth-order valence-electron chi connectivity index (χ4n) is 9.63. The molecule has 0 saturated heterocycles. The van der Waals surface area contributed by atoms with E-state index in [4.69, 9.17) is 0 Å². The van der Waals surface area contributed by atoms with Gasteiger partial charge in [-0.1, -0.05) is 47.1 Å². The van der Waals surface area contributed by atoms with E-state index in [1.807, 2.05) is 0 Å². The second-order valence-electron chi connectivity index (χ2n) is 13.5. The van der Waals surface area contributed by atoms with Crippen molar-refractivity contribution in [2.75, 3.05) is 6.61 Å². The molecule has 4 unspecified atom stereocenters. The predicted octanol–water partition coefficient (Wildman–Crippen LogP) is 3.02. The maximum Gasteiger partial charge on any atom is 0.0863 e. The summed E-state index contributed by atoms with van der Waals surface area (Å²) < 4.78 is 0. The van der Waals surface area contributed by atoms with Crippen LogP contribution in [-0.2, 0) is 0 Å². The topological polar surface area (TPSA) is 121 Å². The standard InChI is InChI=1S/C29H50O6/c1-16(2)18(10-13-30)7-6-17(3)23-24(33)25(34)26-28(23,5)12-9-22-27(4)11-8-19(31)14-20(27)21(32)15-29(22,26)35/h14,16-19,21-26,30-35H,6-13,15H2,1-5H3/t17-,18+,19?,21?,22-,23+,24?,25?,26-,27+,28-,29+/m1/s1. The van der Waals surface area contributed by atoms with E-state index in [1.165, 1.54) is 0 Å². The summed E-state index contributed by atoms with van der Waals surface area (Å²) in [6.07, 6.45) is 4.15. The quantitative estimate of drug-likeness (QED) is 0.303. The minimum absolute atomic E-state index is 0.124. The Bertz CT molecular complexity index is 798. The van der Waals surface area contributed by atoms with Crippen LogP contribution in [-0.4, -0.2) is 67.3 Å². The Morgan fingerprint density at radius 1 is 0.943 bits per heavy atom. The van der Waals surface area contributed by atoms with Crippen LogP contribution in [0.5, 0.6) is 0 Å². The zero-order valence-electron chi connectivity index (χ0n) is 22.4. The van der Waals surface area contributed by atoms with Gasteiger partial charge in [-0.05, 0) is 84.5 Å². The molecule has 6 heteroatoms. The van der Waals surface area contributed by atoms with Gasteiger partial charge in [-0.3, -0.25) is 0 Å². The lowest BCUT2D eigenvalue weighted by atomic mass is 9.43. The molecule has 0 heterocycles. The van der Waals surface area contributed by atoms with Gasteiger partial charge in [-0.15, -0.1) is 0 Å². The number of fused-ring (bicyclic) bond motifs is 5. The molecule has 6 nitrogen and oxygen atoms in total. The van der Waals surface area contributed by atoms with Crippen LogP contribution >= 0.6 is 0 Å². The van der Waals surface area contributed by atoms with Gasteiger partial charge in [0, 0.05) is 18.9 Å². The zero-order chi connectivity index (χ0) is 25.9. The van der Waals surface area contributed by atoms with E-state index in [0.717, 1.165) is 37.7 Å². The Hall–Kier alpha value is -0.500. The molecule has 0 aliphatic heterocycles. The fourth-order valence-corrected chi connectivity index (χ4v) is 9.63. The van der Waals surface area contributed by atoms with Crippen LogP contribution in [0.3, 0.4) is 0 Å². The third kappa shape index (κ3) is 4.24. The van der Waals surface area contributed by atoms with Crippen molar-refractivity contribution < 1.29 is 30.6 Å². The molecule has 0 aromatic carbocycles. The van der Waals surface area contributed by atoms with Crippen LogP contribution in [0.15, 0.2) is 11.6 Å². The van der Waals surface area contributed by atoms with Gasteiger partial charge in [0.25, 0.3) is 0 Å². The molecule has 0 amide bonds. The van der Waals surface area contributed by atoms with Crippen molar-refractivity contribution in [1.29, 1.82) is 0 Å². The lowest BCUT2D eigenvalue weighted by Crippen LogP contribution is -2.66. The largest absolute Gasteiger partial charge is 0.396 e. The van der Waals surface area contributed by atoms with E-state index < -0.39 is 46.8 Å². The lowest BCUT2D eigenvalue weighted by Gasteiger charge is -2.63. The molecule has 3 fully saturated rings. The Morgan fingerprint density at radius 3 is 2.26 bits per heavy atom. The van der Waals surface area contributed by atoms with E-state index >= 15 is 0 Å². The van der Waals surface area contributed by atoms with E-state index in [-0.39, 0.29) is 30.8 Å². The van der Waals surface area contributed by atoms with Crippen molar-refractivity contribution in [3.8, 4) is 0 Å². The summed E-state index contributed by atoms with van der Waals surface area (Å²) in [5, 5.41) is 66.1. The first-order chi connectivity index (χ1) is 16.3. The highest BCUT2D eigenvalue weighted by Gasteiger charge is 2.71. The maximum absolute atomic E-state index is 12.4. The summed E-state index contributed by atoms with van der Waals surface area (Å²) >= 11 is 0. The zero-order valence-corrected chi connectivity index (χ0v) is 22.4. The molecule has 3 saturated carbocycles. The van der Waals surface area contributed by atoms with Gasteiger partial charge in [-0.2, -0.15) is 0 Å². The monoisotopic (exact) mass is 494 g/mol. The molecule has 0 aromatic heterocycles. The number of rotatable bonds is 7. The summed E-state index contributed by atoms with van der Waals surface area (Å²) in [5.41, 5.74) is -1.28. The SMILES string of the molecule is CC(C)[C@H](CCO)CC[C@@H](C)[C@H]1C(O)C(O)[C@@H]2[C@]1(C)CC[C@H]1[C@@]2(O)CC(O)C2=CC(O)CC[C@@]21C. The summed E-state index contributed by atoms with van der Waals surface area (Å²) in [6, 6.07) is 0. The first-order valence-electron chi connectivity index (χ1n) is 14.1. The molecule has 0 spiro atoms. The first-order valence-corrected chi connectivity index (χ1v) is 14.1. The van der Waals surface area contributed by atoms with Gasteiger partial charge in [-0.25, -0.2) is 0 Å². The molecule has 4 aliphatic rings. The van der Waals surface area contributed by atoms with Crippen LogP contribution in [0, 0.1) is 46.3 Å². The van der Waals surface area contributed by atoms with Gasteiger partial charge in [0.2, 0.25) is 0 Å². The highest BCUT2D eigenvalue weighted by Crippen LogP contribution is 2.69. The number of aliphatic hydroxyl groups excluding tert-OH is 5.